The summed E-state index contributed by atoms with van der Waals surface area (Å²) in [5.74, 6) is 0.743. The van der Waals surface area contributed by atoms with Crippen LogP contribution < -0.4 is 10.1 Å². The van der Waals surface area contributed by atoms with Crippen LogP contribution in [0.4, 0.5) is 0 Å². The van der Waals surface area contributed by atoms with E-state index in [4.69, 9.17) is 4.74 Å². The maximum atomic E-state index is 12.8. The minimum atomic E-state index is 0.0820. The molecule has 1 aliphatic rings. The second-order valence-electron chi connectivity index (χ2n) is 5.75. The van der Waals surface area contributed by atoms with Crippen LogP contribution in [0.2, 0.25) is 0 Å². The average Bonchev–Trinajstić information content (AvgIpc) is 2.52. The molecule has 1 fully saturated rings. The van der Waals surface area contributed by atoms with E-state index in [1.165, 1.54) is 0 Å². The number of benzene rings is 1. The lowest BCUT2D eigenvalue weighted by molar-refractivity contribution is 0.0691. The zero-order valence-electron chi connectivity index (χ0n) is 13.3. The molecule has 0 bridgehead atoms. The SMILES string of the molecule is CCCNC1CCCN(C(=O)c2cc(C)ccc2OC)C1. The molecule has 0 aliphatic carbocycles. The minimum absolute atomic E-state index is 0.0820. The highest BCUT2D eigenvalue weighted by Crippen LogP contribution is 2.23. The molecule has 1 atom stereocenters. The zero-order chi connectivity index (χ0) is 15.2. The lowest BCUT2D eigenvalue weighted by atomic mass is 10.0. The number of ether oxygens (including phenoxy) is 1. The van der Waals surface area contributed by atoms with Gasteiger partial charge in [-0.05, 0) is 44.9 Å². The molecule has 1 amide bonds. The molecule has 0 saturated carbocycles. The predicted molar refractivity (Wildman–Crippen MR) is 85.0 cm³/mol. The molecule has 4 heteroatoms. The fraction of sp³-hybridized carbons (Fsp3) is 0.588. The third-order valence-corrected chi connectivity index (χ3v) is 3.98. The number of likely N-dealkylation sites (tertiary alicyclic amines) is 1. The second kappa shape index (κ2) is 7.46. The van der Waals surface area contributed by atoms with E-state index in [2.05, 4.69) is 12.2 Å². The van der Waals surface area contributed by atoms with E-state index in [9.17, 15) is 4.79 Å². The topological polar surface area (TPSA) is 41.6 Å². The van der Waals surface area contributed by atoms with Crippen molar-refractivity contribution in [3.63, 3.8) is 0 Å². The Bertz CT molecular complexity index is 488. The summed E-state index contributed by atoms with van der Waals surface area (Å²) >= 11 is 0. The third-order valence-electron chi connectivity index (χ3n) is 3.98. The molecule has 1 N–H and O–H groups in total. The first-order valence-electron chi connectivity index (χ1n) is 7.83. The Hall–Kier alpha value is -1.55. The van der Waals surface area contributed by atoms with Crippen LogP contribution in [-0.4, -0.2) is 43.6 Å². The van der Waals surface area contributed by atoms with Crippen molar-refractivity contribution in [3.8, 4) is 5.75 Å². The maximum absolute atomic E-state index is 12.8. The highest BCUT2D eigenvalue weighted by atomic mass is 16.5. The number of nitrogens with one attached hydrogen (secondary N) is 1. The molecule has 1 aromatic rings. The predicted octanol–water partition coefficient (Wildman–Crippen LogP) is 2.61. The molecule has 0 spiro atoms. The van der Waals surface area contributed by atoms with Crippen molar-refractivity contribution in [3.05, 3.63) is 29.3 Å². The molecule has 1 heterocycles. The van der Waals surface area contributed by atoms with Gasteiger partial charge in [0.1, 0.15) is 5.75 Å². The van der Waals surface area contributed by atoms with Crippen LogP contribution in [0.15, 0.2) is 18.2 Å². The van der Waals surface area contributed by atoms with E-state index in [0.717, 1.165) is 44.5 Å². The van der Waals surface area contributed by atoms with Crippen molar-refractivity contribution in [1.29, 1.82) is 0 Å². The van der Waals surface area contributed by atoms with E-state index in [0.29, 0.717) is 17.4 Å². The third kappa shape index (κ3) is 3.97. The maximum Gasteiger partial charge on any atom is 0.257 e. The van der Waals surface area contributed by atoms with Gasteiger partial charge in [0.05, 0.1) is 12.7 Å². The number of piperidine rings is 1. The first kappa shape index (κ1) is 15.8. The van der Waals surface area contributed by atoms with Crippen molar-refractivity contribution in [2.24, 2.45) is 0 Å². The number of amides is 1. The quantitative estimate of drug-likeness (QED) is 0.906. The van der Waals surface area contributed by atoms with Crippen molar-refractivity contribution in [2.45, 2.75) is 39.2 Å². The number of carbonyl (C=O) groups is 1. The van der Waals surface area contributed by atoms with Crippen LogP contribution >= 0.6 is 0 Å². The molecule has 2 rings (SSSR count). The summed E-state index contributed by atoms with van der Waals surface area (Å²) in [6.45, 7) is 6.80. The summed E-state index contributed by atoms with van der Waals surface area (Å²) < 4.78 is 5.34. The Balaban J connectivity index is 2.10. The van der Waals surface area contributed by atoms with Crippen LogP contribution in [0.25, 0.3) is 0 Å². The minimum Gasteiger partial charge on any atom is -0.496 e. The molecule has 0 aromatic heterocycles. The zero-order valence-corrected chi connectivity index (χ0v) is 13.3. The van der Waals surface area contributed by atoms with Gasteiger partial charge in [0.2, 0.25) is 0 Å². The molecular weight excluding hydrogens is 264 g/mol. The average molecular weight is 290 g/mol. The molecule has 1 aromatic carbocycles. The largest absolute Gasteiger partial charge is 0.496 e. The van der Waals surface area contributed by atoms with Gasteiger partial charge < -0.3 is 15.0 Å². The van der Waals surface area contributed by atoms with Crippen LogP contribution in [0.1, 0.15) is 42.1 Å². The second-order valence-corrected chi connectivity index (χ2v) is 5.75. The number of hydrogen-bond acceptors (Lipinski definition) is 3. The molecule has 1 unspecified atom stereocenters. The highest BCUT2D eigenvalue weighted by molar-refractivity contribution is 5.97. The summed E-state index contributed by atoms with van der Waals surface area (Å²) in [6.07, 6.45) is 3.33. The Morgan fingerprint density at radius 3 is 3.00 bits per heavy atom. The standard InChI is InChI=1S/C17H26N2O2/c1-4-9-18-14-6-5-10-19(12-14)17(20)15-11-13(2)7-8-16(15)21-3/h7-8,11,14,18H,4-6,9-10,12H2,1-3H3. The monoisotopic (exact) mass is 290 g/mol. The summed E-state index contributed by atoms with van der Waals surface area (Å²) in [5, 5.41) is 3.52. The Kier molecular flexibility index (Phi) is 5.62. The summed E-state index contributed by atoms with van der Waals surface area (Å²) in [4.78, 5) is 14.7. The van der Waals surface area contributed by atoms with E-state index < -0.39 is 0 Å². The molecule has 116 valence electrons. The fourth-order valence-electron chi connectivity index (χ4n) is 2.84. The van der Waals surface area contributed by atoms with Gasteiger partial charge in [0.25, 0.3) is 5.91 Å². The summed E-state index contributed by atoms with van der Waals surface area (Å²) in [6, 6.07) is 6.18. The van der Waals surface area contributed by atoms with Crippen LogP contribution in [-0.2, 0) is 0 Å². The highest BCUT2D eigenvalue weighted by Gasteiger charge is 2.25. The smallest absolute Gasteiger partial charge is 0.257 e. The lowest BCUT2D eigenvalue weighted by Gasteiger charge is -2.33. The van der Waals surface area contributed by atoms with Gasteiger partial charge in [-0.1, -0.05) is 18.6 Å². The molecule has 1 aliphatic heterocycles. The normalized spacial score (nSPS) is 18.6. The van der Waals surface area contributed by atoms with E-state index in [1.807, 2.05) is 30.0 Å². The van der Waals surface area contributed by atoms with Gasteiger partial charge in [-0.25, -0.2) is 0 Å². The molecular formula is C17H26N2O2. The van der Waals surface area contributed by atoms with E-state index >= 15 is 0 Å². The van der Waals surface area contributed by atoms with Gasteiger partial charge in [-0.3, -0.25) is 4.79 Å². The molecule has 21 heavy (non-hydrogen) atoms. The molecule has 0 radical (unpaired) electrons. The molecule has 4 nitrogen and oxygen atoms in total. The first-order valence-corrected chi connectivity index (χ1v) is 7.83. The van der Waals surface area contributed by atoms with Crippen LogP contribution in [0.3, 0.4) is 0 Å². The van der Waals surface area contributed by atoms with Crippen LogP contribution in [0.5, 0.6) is 5.75 Å². The van der Waals surface area contributed by atoms with E-state index in [1.54, 1.807) is 7.11 Å². The number of rotatable bonds is 5. The fourth-order valence-corrected chi connectivity index (χ4v) is 2.84. The molecule has 1 saturated heterocycles. The van der Waals surface area contributed by atoms with Crippen molar-refractivity contribution in [1.82, 2.24) is 10.2 Å². The van der Waals surface area contributed by atoms with Gasteiger partial charge in [-0.15, -0.1) is 0 Å². The lowest BCUT2D eigenvalue weighted by Crippen LogP contribution is -2.48. The Morgan fingerprint density at radius 1 is 1.48 bits per heavy atom. The van der Waals surface area contributed by atoms with Crippen molar-refractivity contribution >= 4 is 5.91 Å². The van der Waals surface area contributed by atoms with Gasteiger partial charge in [-0.2, -0.15) is 0 Å². The van der Waals surface area contributed by atoms with E-state index in [-0.39, 0.29) is 5.91 Å². The number of carbonyl (C=O) groups excluding carboxylic acids is 1. The van der Waals surface area contributed by atoms with Gasteiger partial charge >= 0.3 is 0 Å². The Labute approximate surface area is 127 Å². The number of aryl methyl sites for hydroxylation is 1. The van der Waals surface area contributed by atoms with Crippen molar-refractivity contribution in [2.75, 3.05) is 26.7 Å². The van der Waals surface area contributed by atoms with Gasteiger partial charge in [0, 0.05) is 19.1 Å². The summed E-state index contributed by atoms with van der Waals surface area (Å²) in [7, 11) is 1.61. The summed E-state index contributed by atoms with van der Waals surface area (Å²) in [5.41, 5.74) is 1.76. The van der Waals surface area contributed by atoms with Crippen LogP contribution in [0, 0.1) is 6.92 Å². The first-order chi connectivity index (χ1) is 10.2. The number of nitrogens with zero attached hydrogens (tertiary/aromatic N) is 1. The van der Waals surface area contributed by atoms with Crippen molar-refractivity contribution < 1.29 is 9.53 Å². The number of methoxy groups -OCH3 is 1. The van der Waals surface area contributed by atoms with Gasteiger partial charge in [0.15, 0.2) is 0 Å². The number of hydrogen-bond donors (Lipinski definition) is 1. The Morgan fingerprint density at radius 2 is 2.29 bits per heavy atom.